The molecule has 4 unspecified atom stereocenters. The van der Waals surface area contributed by atoms with Crippen LogP contribution < -0.4 is 19.8 Å². The number of anilines is 1. The van der Waals surface area contributed by atoms with E-state index in [1.807, 2.05) is 6.08 Å². The summed E-state index contributed by atoms with van der Waals surface area (Å²) < 4.78 is 10.6. The van der Waals surface area contributed by atoms with Crippen LogP contribution in [-0.2, 0) is 19.2 Å². The van der Waals surface area contributed by atoms with Crippen LogP contribution >= 0.6 is 0 Å². The van der Waals surface area contributed by atoms with Crippen LogP contribution in [0.2, 0.25) is 0 Å². The Hall–Kier alpha value is -4.74. The van der Waals surface area contributed by atoms with Crippen LogP contribution in [0.25, 0.3) is 6.08 Å². The fraction of sp³-hybridized carbons (Fsp3) is 0.273. The largest absolute Gasteiger partial charge is 0.502 e. The van der Waals surface area contributed by atoms with Gasteiger partial charge in [-0.15, -0.1) is 0 Å². The van der Waals surface area contributed by atoms with E-state index in [2.05, 4.69) is 0 Å². The second kappa shape index (κ2) is 11.1. The second-order valence-corrected chi connectivity index (χ2v) is 11.4. The number of hydrogen-bond acceptors (Lipinski definition) is 9. The Bertz CT molecular complexity index is 1730. The van der Waals surface area contributed by atoms with Crippen molar-refractivity contribution in [3.8, 4) is 17.2 Å². The molecule has 2 aromatic rings. The van der Waals surface area contributed by atoms with Gasteiger partial charge in [-0.2, -0.15) is 0 Å². The zero-order valence-corrected chi connectivity index (χ0v) is 24.3. The first-order valence-electron chi connectivity index (χ1n) is 14.2. The van der Waals surface area contributed by atoms with E-state index in [9.17, 15) is 34.3 Å². The average molecular weight is 595 g/mol. The maximum Gasteiger partial charge on any atom is 0.488 e. The molecule has 4 aliphatic rings. The SMILES string of the molecule is COc1cc(C=CC2C3=CCC4C(=O)N(c5cccc(B(O)O)c5)C(=O)C4C3CC3=C2C(=O)C=C(C)C3=O)cc(OC)c1O. The summed E-state index contributed by atoms with van der Waals surface area (Å²) in [4.78, 5) is 55.6. The molecule has 0 saturated carbocycles. The lowest BCUT2D eigenvalue weighted by atomic mass is 9.60. The third kappa shape index (κ3) is 4.60. The van der Waals surface area contributed by atoms with Crippen molar-refractivity contribution < 1.29 is 43.8 Å². The molecule has 0 spiro atoms. The highest BCUT2D eigenvalue weighted by Crippen LogP contribution is 2.53. The number of rotatable bonds is 6. The molecule has 44 heavy (non-hydrogen) atoms. The molecule has 10 nitrogen and oxygen atoms in total. The van der Waals surface area contributed by atoms with Gasteiger partial charge in [0.25, 0.3) is 0 Å². The Morgan fingerprint density at radius 1 is 0.977 bits per heavy atom. The van der Waals surface area contributed by atoms with Crippen molar-refractivity contribution in [2.24, 2.45) is 23.7 Å². The topological polar surface area (TPSA) is 151 Å². The van der Waals surface area contributed by atoms with Gasteiger partial charge in [0, 0.05) is 22.6 Å². The molecule has 224 valence electrons. The molecular formula is C33H30BNO9. The number of fused-ring (bicyclic) bond motifs is 3. The smallest absolute Gasteiger partial charge is 0.488 e. The number of carbonyl (C=O) groups is 4. The highest BCUT2D eigenvalue weighted by atomic mass is 16.5. The molecule has 1 aliphatic heterocycles. The molecule has 0 radical (unpaired) electrons. The molecule has 2 amide bonds. The molecule has 1 fully saturated rings. The van der Waals surface area contributed by atoms with Crippen LogP contribution in [0.4, 0.5) is 5.69 Å². The lowest BCUT2D eigenvalue weighted by Crippen LogP contribution is -2.40. The normalized spacial score (nSPS) is 24.6. The van der Waals surface area contributed by atoms with Crippen LogP contribution in [-0.4, -0.2) is 59.9 Å². The van der Waals surface area contributed by atoms with Crippen molar-refractivity contribution in [2.75, 3.05) is 19.1 Å². The predicted octanol–water partition coefficient (Wildman–Crippen LogP) is 2.27. The highest BCUT2D eigenvalue weighted by Gasteiger charge is 2.56. The Balaban J connectivity index is 1.43. The van der Waals surface area contributed by atoms with E-state index in [-0.39, 0.29) is 52.8 Å². The first-order chi connectivity index (χ1) is 21.0. The molecule has 3 N–H and O–H groups in total. The van der Waals surface area contributed by atoms with Crippen LogP contribution in [0, 0.1) is 23.7 Å². The molecule has 4 atom stereocenters. The summed E-state index contributed by atoms with van der Waals surface area (Å²) >= 11 is 0. The number of carbonyl (C=O) groups excluding carboxylic acids is 4. The van der Waals surface area contributed by atoms with Gasteiger partial charge < -0.3 is 24.6 Å². The molecule has 0 bridgehead atoms. The van der Waals surface area contributed by atoms with Crippen molar-refractivity contribution in [1.29, 1.82) is 0 Å². The Morgan fingerprint density at radius 2 is 1.68 bits per heavy atom. The van der Waals surface area contributed by atoms with Crippen LogP contribution in [0.3, 0.4) is 0 Å². The number of amides is 2. The van der Waals surface area contributed by atoms with E-state index >= 15 is 0 Å². The summed E-state index contributed by atoms with van der Waals surface area (Å²) in [6, 6.07) is 9.22. The zero-order chi connectivity index (χ0) is 31.4. The van der Waals surface area contributed by atoms with Crippen molar-refractivity contribution in [1.82, 2.24) is 0 Å². The summed E-state index contributed by atoms with van der Waals surface area (Å²) in [5, 5.41) is 29.6. The van der Waals surface area contributed by atoms with E-state index in [0.717, 1.165) is 10.5 Å². The van der Waals surface area contributed by atoms with Gasteiger partial charge >= 0.3 is 7.12 Å². The third-order valence-electron chi connectivity index (χ3n) is 9.02. The molecule has 6 rings (SSSR count). The van der Waals surface area contributed by atoms with Crippen molar-refractivity contribution >= 4 is 47.7 Å². The van der Waals surface area contributed by atoms with E-state index < -0.39 is 42.6 Å². The highest BCUT2D eigenvalue weighted by molar-refractivity contribution is 6.58. The van der Waals surface area contributed by atoms with Gasteiger partial charge in [0.05, 0.1) is 31.7 Å². The lowest BCUT2D eigenvalue weighted by molar-refractivity contribution is -0.123. The standard InChI is InChI=1S/C33H30BNO9/c1-16-11-25(36)28-21(8-7-17-12-26(43-2)31(38)27(13-17)44-3)20-9-10-22-29(23(20)15-24(28)30(16)37)33(40)35(32(22)39)19-6-4-5-18(14-19)34(41)42/h4-9,11-14,21-23,29,38,41-42H,10,15H2,1-3H3. The fourth-order valence-electron chi connectivity index (χ4n) is 6.96. The van der Waals surface area contributed by atoms with Crippen LogP contribution in [0.15, 0.2) is 76.9 Å². The Labute approximate surface area is 253 Å². The minimum atomic E-state index is -1.77. The minimum absolute atomic E-state index is 0.144. The summed E-state index contributed by atoms with van der Waals surface area (Å²) in [6.45, 7) is 1.59. The molecular weight excluding hydrogens is 565 g/mol. The number of benzene rings is 2. The molecule has 2 aromatic carbocycles. The Kier molecular flexibility index (Phi) is 7.39. The number of aromatic hydroxyl groups is 1. The van der Waals surface area contributed by atoms with Crippen molar-refractivity contribution in [3.63, 3.8) is 0 Å². The number of phenolic OH excluding ortho intramolecular Hbond substituents is 1. The maximum absolute atomic E-state index is 14.0. The molecule has 11 heteroatoms. The van der Waals surface area contributed by atoms with Gasteiger partial charge in [-0.25, -0.2) is 0 Å². The number of imide groups is 1. The van der Waals surface area contributed by atoms with Crippen LogP contribution in [0.5, 0.6) is 17.2 Å². The number of methoxy groups -OCH3 is 2. The third-order valence-corrected chi connectivity index (χ3v) is 9.02. The second-order valence-electron chi connectivity index (χ2n) is 11.4. The number of allylic oxidation sites excluding steroid dienone is 7. The predicted molar refractivity (Wildman–Crippen MR) is 161 cm³/mol. The molecule has 1 saturated heterocycles. The maximum atomic E-state index is 14.0. The van der Waals surface area contributed by atoms with E-state index in [1.54, 1.807) is 43.3 Å². The molecule has 0 aromatic heterocycles. The van der Waals surface area contributed by atoms with Gasteiger partial charge in [-0.3, -0.25) is 24.1 Å². The summed E-state index contributed by atoms with van der Waals surface area (Å²) in [5.41, 5.74) is 2.80. The van der Waals surface area contributed by atoms with E-state index in [0.29, 0.717) is 22.3 Å². The Morgan fingerprint density at radius 3 is 2.34 bits per heavy atom. The van der Waals surface area contributed by atoms with Crippen LogP contribution in [0.1, 0.15) is 25.3 Å². The zero-order valence-electron chi connectivity index (χ0n) is 24.3. The molecule has 3 aliphatic carbocycles. The fourth-order valence-corrected chi connectivity index (χ4v) is 6.96. The number of Topliss-reactive ketones (excluding diaryl/α,β-unsaturated/α-hetero) is 1. The van der Waals surface area contributed by atoms with Gasteiger partial charge in [0.1, 0.15) is 0 Å². The number of hydrogen-bond donors (Lipinski definition) is 3. The van der Waals surface area contributed by atoms with E-state index in [4.69, 9.17) is 9.47 Å². The quantitative estimate of drug-likeness (QED) is 0.198. The molecule has 1 heterocycles. The number of phenols is 1. The number of nitrogens with zero attached hydrogens (tertiary/aromatic N) is 1. The average Bonchev–Trinajstić information content (AvgIpc) is 3.27. The number of ether oxygens (including phenoxy) is 2. The van der Waals surface area contributed by atoms with Crippen molar-refractivity contribution in [2.45, 2.75) is 19.8 Å². The summed E-state index contributed by atoms with van der Waals surface area (Å²) in [5.74, 6) is -3.70. The van der Waals surface area contributed by atoms with Gasteiger partial charge in [0.15, 0.2) is 23.1 Å². The number of ketones is 2. The van der Waals surface area contributed by atoms with Gasteiger partial charge in [-0.1, -0.05) is 35.9 Å². The first kappa shape index (κ1) is 29.3. The summed E-state index contributed by atoms with van der Waals surface area (Å²) in [6.07, 6.45) is 7.21. The van der Waals surface area contributed by atoms with Crippen molar-refractivity contribution in [3.05, 3.63) is 82.5 Å². The van der Waals surface area contributed by atoms with Gasteiger partial charge in [0.2, 0.25) is 17.6 Å². The van der Waals surface area contributed by atoms with E-state index in [1.165, 1.54) is 32.4 Å². The van der Waals surface area contributed by atoms with Gasteiger partial charge in [-0.05, 0) is 67.1 Å². The minimum Gasteiger partial charge on any atom is -0.502 e. The summed E-state index contributed by atoms with van der Waals surface area (Å²) in [7, 11) is 1.06. The first-order valence-corrected chi connectivity index (χ1v) is 14.2. The monoisotopic (exact) mass is 595 g/mol. The lowest BCUT2D eigenvalue weighted by Gasteiger charge is -2.41.